The molecule has 2 aromatic carbocycles. The van der Waals surface area contributed by atoms with Crippen LogP contribution >= 0.6 is 0 Å². The van der Waals surface area contributed by atoms with Gasteiger partial charge in [-0.3, -0.25) is 9.36 Å². The number of likely N-dealkylation sites (tertiary alicyclic amines) is 1. The minimum atomic E-state index is -0.933. The van der Waals surface area contributed by atoms with Crippen molar-refractivity contribution in [3.8, 4) is 5.69 Å². The van der Waals surface area contributed by atoms with E-state index >= 15 is 0 Å². The molecular weight excluding hydrogens is 344 g/mol. The maximum atomic E-state index is 12.9. The first-order valence-corrected chi connectivity index (χ1v) is 8.69. The lowest BCUT2D eigenvalue weighted by Crippen LogP contribution is -2.28. The lowest BCUT2D eigenvalue weighted by Gasteiger charge is -2.17. The first-order valence-electron chi connectivity index (χ1n) is 8.69. The van der Waals surface area contributed by atoms with Gasteiger partial charge in [-0.2, -0.15) is 0 Å². The quantitative estimate of drug-likeness (QED) is 0.771. The van der Waals surface area contributed by atoms with Gasteiger partial charge in [-0.25, -0.2) is 4.79 Å². The van der Waals surface area contributed by atoms with Crippen LogP contribution in [0.1, 0.15) is 38.6 Å². The molecule has 0 saturated carbocycles. The van der Waals surface area contributed by atoms with Crippen molar-refractivity contribution in [2.75, 3.05) is 13.1 Å². The largest absolute Gasteiger partial charge is 0.478 e. The van der Waals surface area contributed by atoms with Gasteiger partial charge in [0.1, 0.15) is 12.7 Å². The van der Waals surface area contributed by atoms with Crippen molar-refractivity contribution >= 4 is 11.9 Å². The third-order valence-corrected chi connectivity index (χ3v) is 4.91. The summed E-state index contributed by atoms with van der Waals surface area (Å²) in [5.74, 6) is -0.717. The average Bonchev–Trinajstić information content (AvgIpc) is 3.40. The summed E-state index contributed by atoms with van der Waals surface area (Å²) in [5.41, 5.74) is 2.80. The van der Waals surface area contributed by atoms with Crippen LogP contribution in [0.4, 0.5) is 0 Å². The summed E-state index contributed by atoms with van der Waals surface area (Å²) in [6, 6.07) is 14.3. The number of nitrogens with zero attached hydrogens (tertiary/aromatic N) is 4. The molecule has 0 aliphatic carbocycles. The van der Waals surface area contributed by atoms with Crippen LogP contribution in [-0.4, -0.2) is 49.7 Å². The standard InChI is InChI=1S/C20H18N4O3/c25-19(16-2-1-3-18(10-16)24-12-21-22-13-24)23-9-8-17(11-23)14-4-6-15(7-5-14)20(26)27/h1-7,10,12-13,17H,8-9,11H2,(H,26,27). The predicted molar refractivity (Wildman–Crippen MR) is 98.0 cm³/mol. The molecule has 1 aliphatic heterocycles. The molecular formula is C20H18N4O3. The zero-order valence-electron chi connectivity index (χ0n) is 14.5. The Morgan fingerprint density at radius 1 is 1.00 bits per heavy atom. The molecule has 0 bridgehead atoms. The summed E-state index contributed by atoms with van der Waals surface area (Å²) < 4.78 is 1.76. The first-order chi connectivity index (χ1) is 13.1. The number of aromatic carboxylic acids is 1. The Labute approximate surface area is 155 Å². The summed E-state index contributed by atoms with van der Waals surface area (Å²) in [4.78, 5) is 25.7. The van der Waals surface area contributed by atoms with E-state index in [2.05, 4.69) is 10.2 Å². The molecule has 1 amide bonds. The summed E-state index contributed by atoms with van der Waals surface area (Å²) in [7, 11) is 0. The Bertz CT molecular complexity index is 967. The molecule has 1 fully saturated rings. The van der Waals surface area contributed by atoms with E-state index in [1.165, 1.54) is 0 Å². The lowest BCUT2D eigenvalue weighted by atomic mass is 9.97. The number of benzene rings is 2. The second kappa shape index (κ2) is 7.03. The number of hydrogen-bond donors (Lipinski definition) is 1. The number of carboxylic acids is 1. The van der Waals surface area contributed by atoms with Gasteiger partial charge in [0.2, 0.25) is 0 Å². The molecule has 2 heterocycles. The first kappa shape index (κ1) is 17.0. The maximum Gasteiger partial charge on any atom is 0.335 e. The van der Waals surface area contributed by atoms with E-state index in [-0.39, 0.29) is 17.4 Å². The zero-order valence-corrected chi connectivity index (χ0v) is 14.5. The fourth-order valence-electron chi connectivity index (χ4n) is 3.43. The van der Waals surface area contributed by atoms with Gasteiger partial charge in [0.05, 0.1) is 5.56 Å². The van der Waals surface area contributed by atoms with Crippen LogP contribution in [0.15, 0.2) is 61.2 Å². The van der Waals surface area contributed by atoms with Crippen molar-refractivity contribution in [3.63, 3.8) is 0 Å². The molecule has 0 spiro atoms. The second-order valence-electron chi connectivity index (χ2n) is 6.58. The van der Waals surface area contributed by atoms with E-state index in [1.54, 1.807) is 29.4 Å². The highest BCUT2D eigenvalue weighted by molar-refractivity contribution is 5.95. The Morgan fingerprint density at radius 2 is 1.74 bits per heavy atom. The molecule has 1 unspecified atom stereocenters. The van der Waals surface area contributed by atoms with E-state index in [0.717, 1.165) is 17.7 Å². The third kappa shape index (κ3) is 3.44. The van der Waals surface area contributed by atoms with Crippen molar-refractivity contribution in [2.24, 2.45) is 0 Å². The van der Waals surface area contributed by atoms with E-state index < -0.39 is 5.97 Å². The van der Waals surface area contributed by atoms with Crippen LogP contribution in [0.25, 0.3) is 5.69 Å². The lowest BCUT2D eigenvalue weighted by molar-refractivity contribution is 0.0696. The number of amides is 1. The van der Waals surface area contributed by atoms with Crippen molar-refractivity contribution in [2.45, 2.75) is 12.3 Å². The van der Waals surface area contributed by atoms with E-state index in [9.17, 15) is 9.59 Å². The average molecular weight is 362 g/mol. The molecule has 7 heteroatoms. The molecule has 1 atom stereocenters. The monoisotopic (exact) mass is 362 g/mol. The fraction of sp³-hybridized carbons (Fsp3) is 0.200. The SMILES string of the molecule is O=C(O)c1ccc(C2CCN(C(=O)c3cccc(-n4cnnc4)c3)C2)cc1. The van der Waals surface area contributed by atoms with Crippen LogP contribution in [0.2, 0.25) is 0 Å². The van der Waals surface area contributed by atoms with Crippen LogP contribution in [0, 0.1) is 0 Å². The minimum absolute atomic E-state index is 0.00502. The van der Waals surface area contributed by atoms with Crippen LogP contribution in [0.5, 0.6) is 0 Å². The highest BCUT2D eigenvalue weighted by Gasteiger charge is 2.28. The highest BCUT2D eigenvalue weighted by Crippen LogP contribution is 2.28. The number of aromatic nitrogens is 3. The van der Waals surface area contributed by atoms with Gasteiger partial charge in [0, 0.05) is 30.3 Å². The number of rotatable bonds is 4. The summed E-state index contributed by atoms with van der Waals surface area (Å²) >= 11 is 0. The van der Waals surface area contributed by atoms with Crippen LogP contribution in [0.3, 0.4) is 0 Å². The van der Waals surface area contributed by atoms with E-state index in [4.69, 9.17) is 5.11 Å². The third-order valence-electron chi connectivity index (χ3n) is 4.91. The molecule has 27 heavy (non-hydrogen) atoms. The summed E-state index contributed by atoms with van der Waals surface area (Å²) in [5, 5.41) is 16.6. The van der Waals surface area contributed by atoms with E-state index in [0.29, 0.717) is 18.7 Å². The molecule has 7 nitrogen and oxygen atoms in total. The number of hydrogen-bond acceptors (Lipinski definition) is 4. The van der Waals surface area contributed by atoms with Gasteiger partial charge >= 0.3 is 5.97 Å². The molecule has 1 saturated heterocycles. The topological polar surface area (TPSA) is 88.3 Å². The molecule has 136 valence electrons. The summed E-state index contributed by atoms with van der Waals surface area (Å²) in [6.07, 6.45) is 4.05. The fourth-order valence-corrected chi connectivity index (χ4v) is 3.43. The summed E-state index contributed by atoms with van der Waals surface area (Å²) in [6.45, 7) is 1.31. The Morgan fingerprint density at radius 3 is 2.44 bits per heavy atom. The minimum Gasteiger partial charge on any atom is -0.478 e. The Balaban J connectivity index is 1.48. The normalized spacial score (nSPS) is 16.4. The highest BCUT2D eigenvalue weighted by atomic mass is 16.4. The van der Waals surface area contributed by atoms with Gasteiger partial charge in [-0.15, -0.1) is 10.2 Å². The number of carboxylic acid groups (broad SMARTS) is 1. The van der Waals surface area contributed by atoms with Gasteiger partial charge in [0.15, 0.2) is 0 Å². The van der Waals surface area contributed by atoms with Crippen molar-refractivity contribution in [3.05, 3.63) is 77.9 Å². The number of carbonyl (C=O) groups excluding carboxylic acids is 1. The van der Waals surface area contributed by atoms with Gasteiger partial charge in [-0.05, 0) is 42.3 Å². The van der Waals surface area contributed by atoms with Crippen LogP contribution < -0.4 is 0 Å². The molecule has 1 N–H and O–H groups in total. The van der Waals surface area contributed by atoms with E-state index in [1.807, 2.05) is 41.3 Å². The van der Waals surface area contributed by atoms with Crippen molar-refractivity contribution < 1.29 is 14.7 Å². The Kier molecular flexibility index (Phi) is 4.42. The van der Waals surface area contributed by atoms with Gasteiger partial charge < -0.3 is 10.0 Å². The molecule has 1 aromatic heterocycles. The molecule has 1 aliphatic rings. The predicted octanol–water partition coefficient (Wildman–Crippen LogP) is 2.60. The smallest absolute Gasteiger partial charge is 0.335 e. The van der Waals surface area contributed by atoms with Crippen molar-refractivity contribution in [1.82, 2.24) is 19.7 Å². The molecule has 3 aromatic rings. The Hall–Kier alpha value is -3.48. The zero-order chi connectivity index (χ0) is 18.8. The molecule has 4 rings (SSSR count). The van der Waals surface area contributed by atoms with Crippen LogP contribution in [-0.2, 0) is 0 Å². The number of carbonyl (C=O) groups is 2. The van der Waals surface area contributed by atoms with Crippen molar-refractivity contribution in [1.29, 1.82) is 0 Å². The molecule has 0 radical (unpaired) electrons. The second-order valence-corrected chi connectivity index (χ2v) is 6.58. The van der Waals surface area contributed by atoms with Gasteiger partial charge in [-0.1, -0.05) is 18.2 Å². The van der Waals surface area contributed by atoms with Gasteiger partial charge in [0.25, 0.3) is 5.91 Å². The maximum absolute atomic E-state index is 12.9.